The molecule has 25 heavy (non-hydrogen) atoms. The van der Waals surface area contributed by atoms with E-state index in [0.29, 0.717) is 6.54 Å². The van der Waals surface area contributed by atoms with Crippen molar-refractivity contribution in [2.24, 2.45) is 0 Å². The average molecular weight is 336 g/mol. The molecule has 0 radical (unpaired) electrons. The smallest absolute Gasteiger partial charge is 0.224 e. The van der Waals surface area contributed by atoms with E-state index in [9.17, 15) is 4.79 Å². The number of ether oxygens (including phenoxy) is 1. The summed E-state index contributed by atoms with van der Waals surface area (Å²) in [6, 6.07) is 13.3. The SMILES string of the molecule is COc1ccc(-c2n[nH]c(C)c2CC(=O)NCc2ccccn2)cc1. The molecule has 0 saturated heterocycles. The van der Waals surface area contributed by atoms with E-state index in [1.165, 1.54) is 0 Å². The third-order valence-corrected chi connectivity index (χ3v) is 3.97. The lowest BCUT2D eigenvalue weighted by molar-refractivity contribution is -0.120. The first-order valence-electron chi connectivity index (χ1n) is 8.02. The second kappa shape index (κ2) is 7.61. The van der Waals surface area contributed by atoms with Crippen LogP contribution in [-0.2, 0) is 17.8 Å². The number of aromatic amines is 1. The number of aromatic nitrogens is 3. The van der Waals surface area contributed by atoms with Gasteiger partial charge in [0, 0.05) is 23.0 Å². The molecule has 0 unspecified atom stereocenters. The number of carbonyl (C=O) groups is 1. The summed E-state index contributed by atoms with van der Waals surface area (Å²) in [6.07, 6.45) is 1.97. The van der Waals surface area contributed by atoms with Gasteiger partial charge in [0.15, 0.2) is 0 Å². The molecule has 2 heterocycles. The third kappa shape index (κ3) is 4.03. The minimum atomic E-state index is -0.0649. The van der Waals surface area contributed by atoms with Crippen molar-refractivity contribution in [1.82, 2.24) is 20.5 Å². The molecule has 0 aliphatic heterocycles. The second-order valence-electron chi connectivity index (χ2n) is 5.68. The Hall–Kier alpha value is -3.15. The maximum Gasteiger partial charge on any atom is 0.224 e. The van der Waals surface area contributed by atoms with Crippen molar-refractivity contribution in [1.29, 1.82) is 0 Å². The Bertz CT molecular complexity index is 842. The van der Waals surface area contributed by atoms with Crippen LogP contribution in [0.4, 0.5) is 0 Å². The fourth-order valence-corrected chi connectivity index (χ4v) is 2.57. The molecule has 0 aliphatic rings. The van der Waals surface area contributed by atoms with Crippen molar-refractivity contribution in [3.05, 3.63) is 65.6 Å². The molecule has 2 aromatic heterocycles. The molecule has 128 valence electrons. The van der Waals surface area contributed by atoms with Gasteiger partial charge in [-0.3, -0.25) is 14.9 Å². The molecule has 1 aromatic carbocycles. The zero-order valence-corrected chi connectivity index (χ0v) is 14.2. The Morgan fingerprint density at radius 1 is 1.20 bits per heavy atom. The zero-order chi connectivity index (χ0) is 17.6. The summed E-state index contributed by atoms with van der Waals surface area (Å²) in [5.41, 5.74) is 4.34. The summed E-state index contributed by atoms with van der Waals surface area (Å²) in [5, 5.41) is 10.2. The van der Waals surface area contributed by atoms with E-state index in [2.05, 4.69) is 20.5 Å². The average Bonchev–Trinajstić information content (AvgIpc) is 3.01. The summed E-state index contributed by atoms with van der Waals surface area (Å²) >= 11 is 0. The van der Waals surface area contributed by atoms with E-state index in [1.807, 2.05) is 49.4 Å². The number of hydrogen-bond donors (Lipinski definition) is 2. The molecule has 0 spiro atoms. The van der Waals surface area contributed by atoms with E-state index < -0.39 is 0 Å². The highest BCUT2D eigenvalue weighted by Gasteiger charge is 2.15. The minimum Gasteiger partial charge on any atom is -0.497 e. The number of amides is 1. The van der Waals surface area contributed by atoms with Crippen LogP contribution < -0.4 is 10.1 Å². The molecule has 3 aromatic rings. The monoisotopic (exact) mass is 336 g/mol. The topological polar surface area (TPSA) is 79.9 Å². The first-order chi connectivity index (χ1) is 12.2. The van der Waals surface area contributed by atoms with Crippen molar-refractivity contribution in [3.63, 3.8) is 0 Å². The highest BCUT2D eigenvalue weighted by molar-refractivity contribution is 5.81. The van der Waals surface area contributed by atoms with Crippen LogP contribution in [0.5, 0.6) is 5.75 Å². The quantitative estimate of drug-likeness (QED) is 0.725. The minimum absolute atomic E-state index is 0.0649. The predicted octanol–water partition coefficient (Wildman–Crippen LogP) is 2.65. The zero-order valence-electron chi connectivity index (χ0n) is 14.2. The van der Waals surface area contributed by atoms with Crippen LogP contribution in [0.25, 0.3) is 11.3 Å². The molecule has 1 amide bonds. The highest BCUT2D eigenvalue weighted by atomic mass is 16.5. The van der Waals surface area contributed by atoms with Crippen LogP contribution in [0, 0.1) is 6.92 Å². The Kier molecular flexibility index (Phi) is 5.09. The molecular formula is C19H20N4O2. The molecule has 0 bridgehead atoms. The Morgan fingerprint density at radius 3 is 2.68 bits per heavy atom. The van der Waals surface area contributed by atoms with Crippen molar-refractivity contribution in [3.8, 4) is 17.0 Å². The van der Waals surface area contributed by atoms with Gasteiger partial charge in [0.05, 0.1) is 31.5 Å². The number of aryl methyl sites for hydroxylation is 1. The van der Waals surface area contributed by atoms with E-state index in [0.717, 1.165) is 34.0 Å². The lowest BCUT2D eigenvalue weighted by Gasteiger charge is -2.07. The summed E-state index contributed by atoms with van der Waals surface area (Å²) in [7, 11) is 1.63. The number of nitrogens with zero attached hydrogens (tertiary/aromatic N) is 2. The second-order valence-corrected chi connectivity index (χ2v) is 5.68. The number of H-pyrrole nitrogens is 1. The lowest BCUT2D eigenvalue weighted by atomic mass is 10.0. The van der Waals surface area contributed by atoms with Gasteiger partial charge in [-0.1, -0.05) is 6.07 Å². The van der Waals surface area contributed by atoms with Crippen LogP contribution in [0.2, 0.25) is 0 Å². The van der Waals surface area contributed by atoms with Gasteiger partial charge in [-0.15, -0.1) is 0 Å². The van der Waals surface area contributed by atoms with E-state index >= 15 is 0 Å². The van der Waals surface area contributed by atoms with Crippen LogP contribution >= 0.6 is 0 Å². The van der Waals surface area contributed by atoms with Gasteiger partial charge in [0.25, 0.3) is 0 Å². The third-order valence-electron chi connectivity index (χ3n) is 3.97. The van der Waals surface area contributed by atoms with Gasteiger partial charge in [0.1, 0.15) is 5.75 Å². The molecule has 6 heteroatoms. The summed E-state index contributed by atoms with van der Waals surface area (Å²) in [5.74, 6) is 0.718. The van der Waals surface area contributed by atoms with Crippen LogP contribution in [-0.4, -0.2) is 28.2 Å². The fourth-order valence-electron chi connectivity index (χ4n) is 2.57. The molecule has 0 atom stereocenters. The van der Waals surface area contributed by atoms with Crippen molar-refractivity contribution in [2.45, 2.75) is 19.9 Å². The standard InChI is InChI=1S/C19H20N4O2/c1-13-17(11-18(24)21-12-15-5-3-4-10-20-15)19(23-22-13)14-6-8-16(25-2)9-7-14/h3-10H,11-12H2,1-2H3,(H,21,24)(H,22,23). The fraction of sp³-hybridized carbons (Fsp3) is 0.211. The first-order valence-corrected chi connectivity index (χ1v) is 8.02. The lowest BCUT2D eigenvalue weighted by Crippen LogP contribution is -2.25. The Labute approximate surface area is 146 Å². The van der Waals surface area contributed by atoms with Crippen molar-refractivity contribution >= 4 is 5.91 Å². The Balaban J connectivity index is 1.71. The number of methoxy groups -OCH3 is 1. The summed E-state index contributed by atoms with van der Waals surface area (Å²) in [4.78, 5) is 16.5. The van der Waals surface area contributed by atoms with Crippen LogP contribution in [0.15, 0.2) is 48.7 Å². The summed E-state index contributed by atoms with van der Waals surface area (Å²) in [6.45, 7) is 2.33. The molecule has 3 rings (SSSR count). The molecular weight excluding hydrogens is 316 g/mol. The number of rotatable bonds is 6. The van der Waals surface area contributed by atoms with Gasteiger partial charge in [-0.25, -0.2) is 0 Å². The first kappa shape index (κ1) is 16.7. The van der Waals surface area contributed by atoms with E-state index in [1.54, 1.807) is 13.3 Å². The molecule has 2 N–H and O–H groups in total. The molecule has 0 aliphatic carbocycles. The van der Waals surface area contributed by atoms with Gasteiger partial charge in [-0.2, -0.15) is 5.10 Å². The summed E-state index contributed by atoms with van der Waals surface area (Å²) < 4.78 is 5.18. The molecule has 0 saturated carbocycles. The van der Waals surface area contributed by atoms with E-state index in [4.69, 9.17) is 4.74 Å². The number of carbonyl (C=O) groups excluding carboxylic acids is 1. The van der Waals surface area contributed by atoms with Gasteiger partial charge in [-0.05, 0) is 43.3 Å². The number of benzene rings is 1. The molecule has 6 nitrogen and oxygen atoms in total. The number of hydrogen-bond acceptors (Lipinski definition) is 4. The van der Waals surface area contributed by atoms with Crippen molar-refractivity contribution < 1.29 is 9.53 Å². The number of nitrogens with one attached hydrogen (secondary N) is 2. The van der Waals surface area contributed by atoms with Crippen LogP contribution in [0.3, 0.4) is 0 Å². The van der Waals surface area contributed by atoms with Crippen molar-refractivity contribution in [2.75, 3.05) is 7.11 Å². The van der Waals surface area contributed by atoms with Gasteiger partial charge in [0.2, 0.25) is 5.91 Å². The molecule has 0 fully saturated rings. The van der Waals surface area contributed by atoms with Gasteiger partial charge >= 0.3 is 0 Å². The Morgan fingerprint density at radius 2 is 2.00 bits per heavy atom. The maximum absolute atomic E-state index is 12.3. The highest BCUT2D eigenvalue weighted by Crippen LogP contribution is 2.26. The van der Waals surface area contributed by atoms with Gasteiger partial charge < -0.3 is 10.1 Å². The van der Waals surface area contributed by atoms with E-state index in [-0.39, 0.29) is 12.3 Å². The van der Waals surface area contributed by atoms with Crippen LogP contribution in [0.1, 0.15) is 17.0 Å². The largest absolute Gasteiger partial charge is 0.497 e. The number of pyridine rings is 1. The normalized spacial score (nSPS) is 10.5. The predicted molar refractivity (Wildman–Crippen MR) is 95.1 cm³/mol. The maximum atomic E-state index is 12.3.